The molecule has 0 saturated carbocycles. The van der Waals surface area contributed by atoms with Crippen molar-refractivity contribution in [2.45, 2.75) is 0 Å². The molecule has 24 heavy (non-hydrogen) atoms. The molecular formula is C18H20O4P2. The molecule has 2 aromatic carbocycles. The van der Waals surface area contributed by atoms with Gasteiger partial charge in [0.05, 0.1) is 13.2 Å². The van der Waals surface area contributed by atoms with Crippen molar-refractivity contribution in [3.63, 3.8) is 0 Å². The van der Waals surface area contributed by atoms with Gasteiger partial charge in [0.1, 0.15) is 0 Å². The zero-order chi connectivity index (χ0) is 17.5. The molecule has 2 atom stereocenters. The van der Waals surface area contributed by atoms with Crippen LogP contribution in [0, 0.1) is 0 Å². The first kappa shape index (κ1) is 18.6. The summed E-state index contributed by atoms with van der Waals surface area (Å²) in [5.41, 5.74) is 0. The van der Waals surface area contributed by atoms with Gasteiger partial charge in [0.2, 0.25) is 0 Å². The van der Waals surface area contributed by atoms with Crippen molar-refractivity contribution in [3.8, 4) is 0 Å². The molecule has 6 heteroatoms. The molecule has 0 amide bonds. The fraction of sp³-hybridized carbons (Fsp3) is 0.111. The highest BCUT2D eigenvalue weighted by Crippen LogP contribution is 2.48. The maximum Gasteiger partial charge on any atom is 0.253 e. The maximum absolute atomic E-state index is 12.8. The Morgan fingerprint density at radius 1 is 0.708 bits per heavy atom. The fourth-order valence-corrected chi connectivity index (χ4v) is 4.88. The summed E-state index contributed by atoms with van der Waals surface area (Å²) in [7, 11) is -6.29. The second-order valence-corrected chi connectivity index (χ2v) is 9.56. The smallest absolute Gasteiger partial charge is 0.253 e. The Hall–Kier alpha value is -1.70. The van der Waals surface area contributed by atoms with E-state index >= 15 is 0 Å². The SMILES string of the molecule is C=CP(=O)(OCCOP(=O)(C=C)c1ccccc1)c1ccccc1. The highest BCUT2D eigenvalue weighted by atomic mass is 31.2. The van der Waals surface area contributed by atoms with Crippen LogP contribution in [0.2, 0.25) is 0 Å². The van der Waals surface area contributed by atoms with Crippen molar-refractivity contribution in [1.29, 1.82) is 0 Å². The summed E-state index contributed by atoms with van der Waals surface area (Å²) in [6.45, 7) is 7.26. The Kier molecular flexibility index (Phi) is 6.53. The molecular weight excluding hydrogens is 342 g/mol. The summed E-state index contributed by atoms with van der Waals surface area (Å²) in [6, 6.07) is 17.7. The largest absolute Gasteiger partial charge is 0.320 e. The Morgan fingerprint density at radius 2 is 1.04 bits per heavy atom. The van der Waals surface area contributed by atoms with Gasteiger partial charge in [-0.15, -0.1) is 0 Å². The van der Waals surface area contributed by atoms with E-state index in [1.807, 2.05) is 12.1 Å². The molecule has 0 spiro atoms. The molecule has 0 N–H and O–H groups in total. The average Bonchev–Trinajstić information content (AvgIpc) is 2.66. The lowest BCUT2D eigenvalue weighted by molar-refractivity contribution is 0.229. The zero-order valence-corrected chi connectivity index (χ0v) is 15.1. The summed E-state index contributed by atoms with van der Waals surface area (Å²) in [5, 5.41) is 1.13. The molecule has 2 aromatic rings. The molecule has 4 nitrogen and oxygen atoms in total. The molecule has 0 fully saturated rings. The molecule has 0 aliphatic carbocycles. The standard InChI is InChI=1S/C18H20O4P2/c1-3-23(19,17-11-7-5-8-12-17)21-15-16-22-24(20,4-2)18-13-9-6-10-14-18/h3-14H,1-2,15-16H2. The van der Waals surface area contributed by atoms with Crippen LogP contribution in [-0.4, -0.2) is 13.2 Å². The van der Waals surface area contributed by atoms with Gasteiger partial charge in [-0.25, -0.2) is 0 Å². The molecule has 0 radical (unpaired) electrons. The molecule has 0 saturated heterocycles. The third-order valence-electron chi connectivity index (χ3n) is 3.36. The highest BCUT2D eigenvalue weighted by molar-refractivity contribution is 7.70. The van der Waals surface area contributed by atoms with Crippen LogP contribution in [0.15, 0.2) is 85.5 Å². The Balaban J connectivity index is 1.99. The first-order valence-electron chi connectivity index (χ1n) is 7.41. The van der Waals surface area contributed by atoms with E-state index in [0.717, 1.165) is 0 Å². The molecule has 0 aliphatic rings. The van der Waals surface area contributed by atoms with E-state index in [0.29, 0.717) is 10.6 Å². The molecule has 0 aromatic heterocycles. The number of benzene rings is 2. The Bertz CT molecular complexity index is 705. The van der Waals surface area contributed by atoms with Gasteiger partial charge in [-0.3, -0.25) is 9.13 Å². The molecule has 0 aliphatic heterocycles. The lowest BCUT2D eigenvalue weighted by atomic mass is 10.4. The summed E-state index contributed by atoms with van der Waals surface area (Å²) < 4.78 is 36.5. The fourth-order valence-electron chi connectivity index (χ4n) is 2.08. The number of rotatable bonds is 9. The predicted molar refractivity (Wildman–Crippen MR) is 99.7 cm³/mol. The van der Waals surface area contributed by atoms with E-state index in [1.165, 1.54) is 11.6 Å². The normalized spacial score (nSPS) is 15.8. The molecule has 2 unspecified atom stereocenters. The van der Waals surface area contributed by atoms with E-state index in [-0.39, 0.29) is 13.2 Å². The first-order chi connectivity index (χ1) is 11.5. The van der Waals surface area contributed by atoms with Crippen molar-refractivity contribution in [2.75, 3.05) is 13.2 Å². The Morgan fingerprint density at radius 3 is 1.33 bits per heavy atom. The quantitative estimate of drug-likeness (QED) is 0.486. The second kappa shape index (κ2) is 8.41. The topological polar surface area (TPSA) is 52.6 Å². The molecule has 0 bridgehead atoms. The summed E-state index contributed by atoms with van der Waals surface area (Å²) in [5.74, 6) is 2.62. The van der Waals surface area contributed by atoms with Crippen LogP contribution >= 0.6 is 14.7 Å². The van der Waals surface area contributed by atoms with Crippen LogP contribution in [0.3, 0.4) is 0 Å². The minimum absolute atomic E-state index is 0.0306. The Labute approximate surface area is 142 Å². The predicted octanol–water partition coefficient (Wildman–Crippen LogP) is 4.51. The highest BCUT2D eigenvalue weighted by Gasteiger charge is 2.24. The zero-order valence-electron chi connectivity index (χ0n) is 13.3. The number of hydrogen-bond donors (Lipinski definition) is 0. The van der Waals surface area contributed by atoms with E-state index in [9.17, 15) is 9.13 Å². The minimum Gasteiger partial charge on any atom is -0.320 e. The van der Waals surface area contributed by atoms with E-state index in [4.69, 9.17) is 9.05 Å². The molecule has 126 valence electrons. The summed E-state index contributed by atoms with van der Waals surface area (Å²) in [6.07, 6.45) is 0. The molecule has 0 heterocycles. The third kappa shape index (κ3) is 4.43. The van der Waals surface area contributed by atoms with Gasteiger partial charge in [0.15, 0.2) is 0 Å². The summed E-state index contributed by atoms with van der Waals surface area (Å²) >= 11 is 0. The van der Waals surface area contributed by atoms with Gasteiger partial charge in [0, 0.05) is 10.6 Å². The van der Waals surface area contributed by atoms with Crippen LogP contribution in [0.1, 0.15) is 0 Å². The van der Waals surface area contributed by atoms with Gasteiger partial charge in [0.25, 0.3) is 14.7 Å². The van der Waals surface area contributed by atoms with Crippen LogP contribution < -0.4 is 10.6 Å². The van der Waals surface area contributed by atoms with E-state index < -0.39 is 14.7 Å². The van der Waals surface area contributed by atoms with E-state index in [2.05, 4.69) is 13.2 Å². The monoisotopic (exact) mass is 362 g/mol. The van der Waals surface area contributed by atoms with Crippen molar-refractivity contribution < 1.29 is 18.2 Å². The lowest BCUT2D eigenvalue weighted by Gasteiger charge is -2.17. The van der Waals surface area contributed by atoms with Crippen LogP contribution in [-0.2, 0) is 18.2 Å². The lowest BCUT2D eigenvalue weighted by Crippen LogP contribution is -2.11. The van der Waals surface area contributed by atoms with Gasteiger partial charge in [-0.2, -0.15) is 0 Å². The van der Waals surface area contributed by atoms with Crippen LogP contribution in [0.4, 0.5) is 0 Å². The first-order valence-corrected chi connectivity index (χ1v) is 10.8. The van der Waals surface area contributed by atoms with Crippen LogP contribution in [0.25, 0.3) is 0 Å². The van der Waals surface area contributed by atoms with Crippen molar-refractivity contribution >= 4 is 25.3 Å². The van der Waals surface area contributed by atoms with Gasteiger partial charge in [-0.05, 0) is 35.9 Å². The van der Waals surface area contributed by atoms with Gasteiger partial charge < -0.3 is 9.05 Å². The van der Waals surface area contributed by atoms with Gasteiger partial charge in [-0.1, -0.05) is 49.6 Å². The summed E-state index contributed by atoms with van der Waals surface area (Å²) in [4.78, 5) is 0. The third-order valence-corrected chi connectivity index (χ3v) is 7.49. The van der Waals surface area contributed by atoms with Crippen molar-refractivity contribution in [2.24, 2.45) is 0 Å². The van der Waals surface area contributed by atoms with Crippen molar-refractivity contribution in [3.05, 3.63) is 85.5 Å². The maximum atomic E-state index is 12.8. The van der Waals surface area contributed by atoms with Gasteiger partial charge >= 0.3 is 0 Å². The van der Waals surface area contributed by atoms with Crippen molar-refractivity contribution in [1.82, 2.24) is 0 Å². The number of hydrogen-bond acceptors (Lipinski definition) is 4. The minimum atomic E-state index is -3.15. The van der Waals surface area contributed by atoms with Crippen LogP contribution in [0.5, 0.6) is 0 Å². The molecule has 2 rings (SSSR count). The average molecular weight is 362 g/mol. The van der Waals surface area contributed by atoms with E-state index in [1.54, 1.807) is 48.5 Å². The second-order valence-electron chi connectivity index (χ2n) is 4.90.